The fraction of sp³-hybridized carbons (Fsp3) is 0.333. The number of aromatic nitrogens is 2. The number of phenols is 1. The zero-order valence-corrected chi connectivity index (χ0v) is 12.0. The fourth-order valence-electron chi connectivity index (χ4n) is 2.22. The molecule has 0 radical (unpaired) electrons. The van der Waals surface area contributed by atoms with Crippen molar-refractivity contribution in [3.63, 3.8) is 0 Å². The van der Waals surface area contributed by atoms with Gasteiger partial charge in [-0.25, -0.2) is 0 Å². The Balaban J connectivity index is 2.38. The predicted molar refractivity (Wildman–Crippen MR) is 78.0 cm³/mol. The van der Waals surface area contributed by atoms with Crippen molar-refractivity contribution in [3.8, 4) is 5.75 Å². The number of amides is 1. The zero-order valence-electron chi connectivity index (χ0n) is 12.0. The van der Waals surface area contributed by atoms with Crippen LogP contribution in [-0.2, 0) is 13.5 Å². The van der Waals surface area contributed by atoms with Gasteiger partial charge in [-0.1, -0.05) is 13.0 Å². The lowest BCUT2D eigenvalue weighted by atomic mass is 10.1. The summed E-state index contributed by atoms with van der Waals surface area (Å²) in [7, 11) is 1.81. The molecule has 0 bridgehead atoms. The number of hydrogen-bond acceptors (Lipinski definition) is 3. The van der Waals surface area contributed by atoms with E-state index in [1.54, 1.807) is 41.0 Å². The molecule has 5 nitrogen and oxygen atoms in total. The third kappa shape index (κ3) is 2.66. The largest absolute Gasteiger partial charge is 0.508 e. The third-order valence-corrected chi connectivity index (χ3v) is 3.17. The van der Waals surface area contributed by atoms with Crippen molar-refractivity contribution in [1.29, 1.82) is 0 Å². The Morgan fingerprint density at radius 3 is 2.75 bits per heavy atom. The molecular weight excluding hydrogens is 254 g/mol. The molecule has 0 aliphatic rings. The van der Waals surface area contributed by atoms with E-state index in [0.29, 0.717) is 24.2 Å². The van der Waals surface area contributed by atoms with Crippen molar-refractivity contribution in [2.45, 2.75) is 20.3 Å². The Labute approximate surface area is 118 Å². The van der Waals surface area contributed by atoms with Gasteiger partial charge in [0, 0.05) is 31.5 Å². The van der Waals surface area contributed by atoms with Crippen LogP contribution < -0.4 is 4.90 Å². The van der Waals surface area contributed by atoms with Crippen molar-refractivity contribution in [2.24, 2.45) is 7.05 Å². The van der Waals surface area contributed by atoms with Gasteiger partial charge in [-0.05, 0) is 25.5 Å². The standard InChI is InChI=1S/C15H19N3O2/c1-4-14-13(10-17(3)16-14)15(20)18(5-2)11-7-6-8-12(19)9-11/h6-10,19H,4-5H2,1-3H3. The van der Waals surface area contributed by atoms with Gasteiger partial charge in [0.1, 0.15) is 5.75 Å². The van der Waals surface area contributed by atoms with Gasteiger partial charge in [0.25, 0.3) is 5.91 Å². The van der Waals surface area contributed by atoms with E-state index in [-0.39, 0.29) is 11.7 Å². The van der Waals surface area contributed by atoms with Crippen LogP contribution >= 0.6 is 0 Å². The van der Waals surface area contributed by atoms with Crippen LogP contribution in [0.25, 0.3) is 0 Å². The highest BCUT2D eigenvalue weighted by Gasteiger charge is 2.21. The van der Waals surface area contributed by atoms with Gasteiger partial charge in [0.15, 0.2) is 0 Å². The summed E-state index contributed by atoms with van der Waals surface area (Å²) in [6, 6.07) is 6.71. The molecule has 5 heteroatoms. The first-order valence-corrected chi connectivity index (χ1v) is 6.70. The number of benzene rings is 1. The maximum atomic E-state index is 12.7. The van der Waals surface area contributed by atoms with Crippen LogP contribution in [-0.4, -0.2) is 27.3 Å². The molecule has 0 saturated heterocycles. The van der Waals surface area contributed by atoms with Crippen molar-refractivity contribution in [1.82, 2.24) is 9.78 Å². The summed E-state index contributed by atoms with van der Waals surface area (Å²) < 4.78 is 1.66. The molecule has 0 aliphatic carbocycles. The summed E-state index contributed by atoms with van der Waals surface area (Å²) in [5.74, 6) is 0.0544. The summed E-state index contributed by atoms with van der Waals surface area (Å²) in [6.07, 6.45) is 2.45. The molecule has 0 fully saturated rings. The van der Waals surface area contributed by atoms with Crippen LogP contribution in [0, 0.1) is 0 Å². The van der Waals surface area contributed by atoms with Crippen LogP contribution in [0.4, 0.5) is 5.69 Å². The molecule has 2 rings (SSSR count). The lowest BCUT2D eigenvalue weighted by molar-refractivity contribution is 0.0987. The molecule has 20 heavy (non-hydrogen) atoms. The van der Waals surface area contributed by atoms with Crippen LogP contribution in [0.1, 0.15) is 29.9 Å². The van der Waals surface area contributed by atoms with Gasteiger partial charge in [-0.3, -0.25) is 9.48 Å². The quantitative estimate of drug-likeness (QED) is 0.930. The van der Waals surface area contributed by atoms with Gasteiger partial charge in [-0.15, -0.1) is 0 Å². The monoisotopic (exact) mass is 273 g/mol. The highest BCUT2D eigenvalue weighted by atomic mass is 16.3. The first kappa shape index (κ1) is 14.1. The number of anilines is 1. The van der Waals surface area contributed by atoms with Crippen molar-refractivity contribution >= 4 is 11.6 Å². The molecule has 106 valence electrons. The number of nitrogens with zero attached hydrogens (tertiary/aromatic N) is 3. The van der Waals surface area contributed by atoms with E-state index in [1.165, 1.54) is 0 Å². The molecule has 0 saturated carbocycles. The lowest BCUT2D eigenvalue weighted by Crippen LogP contribution is -2.31. The van der Waals surface area contributed by atoms with E-state index in [1.807, 2.05) is 19.9 Å². The Kier molecular flexibility index (Phi) is 4.08. The smallest absolute Gasteiger partial charge is 0.261 e. The number of phenolic OH excluding ortho intramolecular Hbond substituents is 1. The molecule has 1 heterocycles. The average Bonchev–Trinajstić information content (AvgIpc) is 2.81. The molecular formula is C15H19N3O2. The Morgan fingerprint density at radius 2 is 2.15 bits per heavy atom. The number of aromatic hydroxyl groups is 1. The summed E-state index contributed by atoms with van der Waals surface area (Å²) in [5.41, 5.74) is 2.08. The van der Waals surface area contributed by atoms with E-state index >= 15 is 0 Å². The molecule has 2 aromatic rings. The SMILES string of the molecule is CCc1nn(C)cc1C(=O)N(CC)c1cccc(O)c1. The van der Waals surface area contributed by atoms with Crippen LogP contribution in [0.15, 0.2) is 30.5 Å². The highest BCUT2D eigenvalue weighted by molar-refractivity contribution is 6.06. The maximum Gasteiger partial charge on any atom is 0.261 e. The molecule has 0 spiro atoms. The fourth-order valence-corrected chi connectivity index (χ4v) is 2.22. The Hall–Kier alpha value is -2.30. The summed E-state index contributed by atoms with van der Waals surface area (Å²) in [5, 5.41) is 13.9. The minimum atomic E-state index is -0.0944. The summed E-state index contributed by atoms with van der Waals surface area (Å²) >= 11 is 0. The molecule has 1 amide bonds. The first-order chi connectivity index (χ1) is 9.56. The molecule has 0 aliphatic heterocycles. The van der Waals surface area contributed by atoms with Crippen molar-refractivity contribution in [2.75, 3.05) is 11.4 Å². The normalized spacial score (nSPS) is 10.6. The Morgan fingerprint density at radius 1 is 1.40 bits per heavy atom. The minimum Gasteiger partial charge on any atom is -0.508 e. The van der Waals surface area contributed by atoms with E-state index in [4.69, 9.17) is 0 Å². The van der Waals surface area contributed by atoms with E-state index in [0.717, 1.165) is 5.69 Å². The molecule has 1 aromatic heterocycles. The van der Waals surface area contributed by atoms with Gasteiger partial charge in [0.05, 0.1) is 11.3 Å². The van der Waals surface area contributed by atoms with E-state index in [9.17, 15) is 9.90 Å². The second-order valence-electron chi connectivity index (χ2n) is 4.59. The number of carbonyl (C=O) groups excluding carboxylic acids is 1. The average molecular weight is 273 g/mol. The summed E-state index contributed by atoms with van der Waals surface area (Å²) in [6.45, 7) is 4.41. The van der Waals surface area contributed by atoms with Gasteiger partial charge < -0.3 is 10.0 Å². The predicted octanol–water partition coefficient (Wildman–Crippen LogP) is 2.35. The highest BCUT2D eigenvalue weighted by Crippen LogP contribution is 2.22. The Bertz CT molecular complexity index is 619. The van der Waals surface area contributed by atoms with Gasteiger partial charge >= 0.3 is 0 Å². The number of hydrogen-bond donors (Lipinski definition) is 1. The van der Waals surface area contributed by atoms with Gasteiger partial charge in [-0.2, -0.15) is 5.10 Å². The van der Waals surface area contributed by atoms with E-state index < -0.39 is 0 Å². The molecule has 0 atom stereocenters. The lowest BCUT2D eigenvalue weighted by Gasteiger charge is -2.21. The maximum absolute atomic E-state index is 12.7. The van der Waals surface area contributed by atoms with Crippen molar-refractivity contribution < 1.29 is 9.90 Å². The minimum absolute atomic E-state index is 0.0944. The first-order valence-electron chi connectivity index (χ1n) is 6.70. The van der Waals surface area contributed by atoms with Crippen LogP contribution in [0.2, 0.25) is 0 Å². The van der Waals surface area contributed by atoms with E-state index in [2.05, 4.69) is 5.10 Å². The topological polar surface area (TPSA) is 58.4 Å². The van der Waals surface area contributed by atoms with Gasteiger partial charge in [0.2, 0.25) is 0 Å². The third-order valence-electron chi connectivity index (χ3n) is 3.17. The molecule has 1 N–H and O–H groups in total. The summed E-state index contributed by atoms with van der Waals surface area (Å²) in [4.78, 5) is 14.3. The number of aryl methyl sites for hydroxylation is 2. The molecule has 0 unspecified atom stereocenters. The number of carbonyl (C=O) groups is 1. The molecule has 1 aromatic carbocycles. The second kappa shape index (κ2) is 5.77. The zero-order chi connectivity index (χ0) is 14.7. The van der Waals surface area contributed by atoms with Crippen LogP contribution in [0.3, 0.4) is 0 Å². The van der Waals surface area contributed by atoms with Crippen LogP contribution in [0.5, 0.6) is 5.75 Å². The number of rotatable bonds is 4. The second-order valence-corrected chi connectivity index (χ2v) is 4.59. The van der Waals surface area contributed by atoms with Crippen molar-refractivity contribution in [3.05, 3.63) is 41.7 Å².